The van der Waals surface area contributed by atoms with E-state index in [0.29, 0.717) is 24.1 Å². The molecule has 2 rings (SSSR count). The number of amides is 1. The first-order valence-corrected chi connectivity index (χ1v) is 6.84. The van der Waals surface area contributed by atoms with Crippen molar-refractivity contribution in [2.75, 3.05) is 0 Å². The van der Waals surface area contributed by atoms with Crippen LogP contribution in [0.15, 0.2) is 5.16 Å². The number of aromatic nitrogens is 3. The third-order valence-electron chi connectivity index (χ3n) is 2.58. The Morgan fingerprint density at radius 3 is 2.76 bits per heavy atom. The molecule has 0 saturated heterocycles. The minimum Gasteiger partial charge on any atom is -0.370 e. The van der Waals surface area contributed by atoms with Crippen LogP contribution >= 0.6 is 11.8 Å². The van der Waals surface area contributed by atoms with E-state index in [9.17, 15) is 4.79 Å². The quantitative estimate of drug-likeness (QED) is 0.781. The summed E-state index contributed by atoms with van der Waals surface area (Å²) in [5.74, 6) is 0.614. The molecule has 0 bridgehead atoms. The Balaban J connectivity index is 2.14. The highest BCUT2D eigenvalue weighted by Crippen LogP contribution is 2.39. The molecule has 0 aliphatic heterocycles. The molecule has 1 amide bonds. The Hall–Kier alpha value is -1.04. The van der Waals surface area contributed by atoms with Gasteiger partial charge in [0.05, 0.1) is 0 Å². The molecule has 5 nitrogen and oxygen atoms in total. The summed E-state index contributed by atoms with van der Waals surface area (Å²) in [5.41, 5.74) is 5.17. The smallest absolute Gasteiger partial charge is 0.217 e. The lowest BCUT2D eigenvalue weighted by Crippen LogP contribution is -2.13. The summed E-state index contributed by atoms with van der Waals surface area (Å²) in [6.07, 6.45) is 3.31. The zero-order valence-electron chi connectivity index (χ0n) is 10.2. The molecule has 0 aromatic carbocycles. The lowest BCUT2D eigenvalue weighted by atomic mass is 10.3. The van der Waals surface area contributed by atoms with Crippen molar-refractivity contribution in [3.63, 3.8) is 0 Å². The van der Waals surface area contributed by atoms with Crippen LogP contribution < -0.4 is 5.73 Å². The van der Waals surface area contributed by atoms with E-state index in [2.05, 4.69) is 28.6 Å². The zero-order chi connectivity index (χ0) is 12.4. The van der Waals surface area contributed by atoms with Crippen LogP contribution in [0.3, 0.4) is 0 Å². The van der Waals surface area contributed by atoms with Gasteiger partial charge in [-0.05, 0) is 12.8 Å². The summed E-state index contributed by atoms with van der Waals surface area (Å²) < 4.78 is 2.19. The first-order chi connectivity index (χ1) is 8.08. The van der Waals surface area contributed by atoms with E-state index < -0.39 is 0 Å². The standard InChI is InChI=1S/C11H18N4OS/c1-7(2)17-11-14-13-10(6-5-9(12)16)15(11)8-3-4-8/h7-8H,3-6H2,1-2H3,(H2,12,16). The average molecular weight is 254 g/mol. The fourth-order valence-corrected chi connectivity index (χ4v) is 2.58. The molecule has 1 aliphatic rings. The highest BCUT2D eigenvalue weighted by molar-refractivity contribution is 7.99. The third-order valence-corrected chi connectivity index (χ3v) is 3.54. The number of primary amides is 1. The minimum absolute atomic E-state index is 0.284. The molecule has 0 atom stereocenters. The first kappa shape index (κ1) is 12.4. The van der Waals surface area contributed by atoms with Gasteiger partial charge in [-0.15, -0.1) is 10.2 Å². The van der Waals surface area contributed by atoms with Gasteiger partial charge in [-0.3, -0.25) is 4.79 Å². The summed E-state index contributed by atoms with van der Waals surface area (Å²) in [5, 5.41) is 9.87. The van der Waals surface area contributed by atoms with Gasteiger partial charge in [0.2, 0.25) is 5.91 Å². The summed E-state index contributed by atoms with van der Waals surface area (Å²) in [7, 11) is 0. The average Bonchev–Trinajstić information content (AvgIpc) is 2.98. The number of rotatable bonds is 6. The summed E-state index contributed by atoms with van der Waals surface area (Å²) in [6, 6.07) is 0.536. The van der Waals surface area contributed by atoms with Gasteiger partial charge < -0.3 is 10.3 Å². The second-order valence-corrected chi connectivity index (χ2v) is 6.18. The first-order valence-electron chi connectivity index (χ1n) is 5.96. The van der Waals surface area contributed by atoms with Gasteiger partial charge >= 0.3 is 0 Å². The molecule has 1 fully saturated rings. The van der Waals surface area contributed by atoms with Crippen molar-refractivity contribution in [1.82, 2.24) is 14.8 Å². The predicted molar refractivity (Wildman–Crippen MR) is 66.8 cm³/mol. The molecule has 94 valence electrons. The van der Waals surface area contributed by atoms with Gasteiger partial charge in [0.25, 0.3) is 0 Å². The Kier molecular flexibility index (Phi) is 3.71. The SMILES string of the molecule is CC(C)Sc1nnc(CCC(N)=O)n1C1CC1. The highest BCUT2D eigenvalue weighted by atomic mass is 32.2. The van der Waals surface area contributed by atoms with E-state index in [1.54, 1.807) is 11.8 Å². The van der Waals surface area contributed by atoms with Crippen LogP contribution in [0.2, 0.25) is 0 Å². The van der Waals surface area contributed by atoms with Crippen LogP contribution in [0.25, 0.3) is 0 Å². The van der Waals surface area contributed by atoms with Crippen LogP contribution in [-0.4, -0.2) is 25.9 Å². The second kappa shape index (κ2) is 5.08. The number of nitrogens with zero attached hydrogens (tertiary/aromatic N) is 3. The number of hydrogen-bond acceptors (Lipinski definition) is 4. The maximum Gasteiger partial charge on any atom is 0.217 e. The molecule has 0 spiro atoms. The molecule has 1 aromatic rings. The van der Waals surface area contributed by atoms with E-state index >= 15 is 0 Å². The van der Waals surface area contributed by atoms with Crippen LogP contribution in [0.1, 0.15) is 45.0 Å². The largest absolute Gasteiger partial charge is 0.370 e. The van der Waals surface area contributed by atoms with E-state index in [-0.39, 0.29) is 5.91 Å². The molecular weight excluding hydrogens is 236 g/mol. The predicted octanol–water partition coefficient (Wildman–Crippen LogP) is 1.53. The molecule has 6 heteroatoms. The van der Waals surface area contributed by atoms with Gasteiger partial charge in [0.15, 0.2) is 5.16 Å². The van der Waals surface area contributed by atoms with Crippen molar-refractivity contribution in [2.45, 2.75) is 56.0 Å². The number of nitrogens with two attached hydrogens (primary N) is 1. The van der Waals surface area contributed by atoms with Crippen molar-refractivity contribution >= 4 is 17.7 Å². The normalized spacial score (nSPS) is 15.5. The van der Waals surface area contributed by atoms with Gasteiger partial charge in [0.1, 0.15) is 5.82 Å². The van der Waals surface area contributed by atoms with Crippen LogP contribution in [0.4, 0.5) is 0 Å². The van der Waals surface area contributed by atoms with Gasteiger partial charge in [-0.2, -0.15) is 0 Å². The van der Waals surface area contributed by atoms with E-state index in [1.807, 2.05) is 0 Å². The van der Waals surface area contributed by atoms with Crippen LogP contribution in [0, 0.1) is 0 Å². The lowest BCUT2D eigenvalue weighted by molar-refractivity contribution is -0.118. The Labute approximate surface area is 105 Å². The Bertz CT molecular complexity index is 412. The van der Waals surface area contributed by atoms with Crippen molar-refractivity contribution < 1.29 is 4.79 Å². The number of thioether (sulfide) groups is 1. The molecule has 0 radical (unpaired) electrons. The fourth-order valence-electron chi connectivity index (χ4n) is 1.70. The Morgan fingerprint density at radius 2 is 2.24 bits per heavy atom. The third kappa shape index (κ3) is 3.21. The summed E-state index contributed by atoms with van der Waals surface area (Å²) in [6.45, 7) is 4.28. The second-order valence-electron chi connectivity index (χ2n) is 4.63. The zero-order valence-corrected chi connectivity index (χ0v) is 11.0. The molecule has 17 heavy (non-hydrogen) atoms. The fraction of sp³-hybridized carbons (Fsp3) is 0.727. The monoisotopic (exact) mass is 254 g/mol. The molecular formula is C11H18N4OS. The Morgan fingerprint density at radius 1 is 1.53 bits per heavy atom. The summed E-state index contributed by atoms with van der Waals surface area (Å²) in [4.78, 5) is 10.8. The van der Waals surface area contributed by atoms with Crippen LogP contribution in [0.5, 0.6) is 0 Å². The van der Waals surface area contributed by atoms with Crippen molar-refractivity contribution in [2.24, 2.45) is 5.73 Å². The van der Waals surface area contributed by atoms with Crippen molar-refractivity contribution in [1.29, 1.82) is 0 Å². The lowest BCUT2D eigenvalue weighted by Gasteiger charge is -2.09. The van der Waals surface area contributed by atoms with Crippen molar-refractivity contribution in [3.8, 4) is 0 Å². The molecule has 1 saturated carbocycles. The molecule has 1 aliphatic carbocycles. The van der Waals surface area contributed by atoms with Gasteiger partial charge in [-0.1, -0.05) is 25.6 Å². The van der Waals surface area contributed by atoms with Gasteiger partial charge in [0, 0.05) is 24.1 Å². The molecule has 1 aromatic heterocycles. The van der Waals surface area contributed by atoms with E-state index in [4.69, 9.17) is 5.73 Å². The number of carbonyl (C=O) groups is 1. The summed E-state index contributed by atoms with van der Waals surface area (Å²) >= 11 is 1.72. The molecule has 0 unspecified atom stereocenters. The maximum absolute atomic E-state index is 10.8. The number of aryl methyl sites for hydroxylation is 1. The maximum atomic E-state index is 10.8. The number of carbonyl (C=O) groups excluding carboxylic acids is 1. The number of hydrogen-bond donors (Lipinski definition) is 1. The van der Waals surface area contributed by atoms with Crippen molar-refractivity contribution in [3.05, 3.63) is 5.82 Å². The minimum atomic E-state index is -0.284. The highest BCUT2D eigenvalue weighted by Gasteiger charge is 2.29. The van der Waals surface area contributed by atoms with E-state index in [0.717, 1.165) is 11.0 Å². The molecule has 2 N–H and O–H groups in total. The van der Waals surface area contributed by atoms with E-state index in [1.165, 1.54) is 12.8 Å². The van der Waals surface area contributed by atoms with Crippen LogP contribution in [-0.2, 0) is 11.2 Å². The van der Waals surface area contributed by atoms with Gasteiger partial charge in [-0.25, -0.2) is 0 Å². The topological polar surface area (TPSA) is 73.8 Å². The molecule has 1 heterocycles.